The molecule has 1 aliphatic heterocycles. The van der Waals surface area contributed by atoms with E-state index < -0.39 is 0 Å². The summed E-state index contributed by atoms with van der Waals surface area (Å²) in [6.45, 7) is 7.94. The predicted molar refractivity (Wildman–Crippen MR) is 90.7 cm³/mol. The number of guanidine groups is 1. The molecule has 1 saturated carbocycles. The Kier molecular flexibility index (Phi) is 5.27. The van der Waals surface area contributed by atoms with Crippen molar-refractivity contribution in [3.05, 3.63) is 0 Å². The van der Waals surface area contributed by atoms with Crippen molar-refractivity contribution >= 4 is 17.7 Å². The van der Waals surface area contributed by atoms with Crippen LogP contribution >= 0.6 is 11.8 Å². The molecule has 1 saturated heterocycles. The van der Waals surface area contributed by atoms with Crippen molar-refractivity contribution in [2.24, 2.45) is 10.4 Å². The number of nitrogens with zero attached hydrogens (tertiary/aromatic N) is 2. The third-order valence-corrected chi connectivity index (χ3v) is 6.34. The zero-order valence-corrected chi connectivity index (χ0v) is 14.5. The standard InChI is InChI=1S/C16H31N3S/c1-15(2,20-4)12-18-14(17-3)19-11-10-16(13-19)8-6-5-7-9-16/h5-13H2,1-4H3,(H,17,18). The fourth-order valence-electron chi connectivity index (χ4n) is 3.52. The molecule has 0 aromatic carbocycles. The monoisotopic (exact) mass is 297 g/mol. The Hall–Kier alpha value is -0.380. The number of nitrogens with one attached hydrogen (secondary N) is 1. The topological polar surface area (TPSA) is 27.6 Å². The Balaban J connectivity index is 1.90. The number of rotatable bonds is 3. The highest BCUT2D eigenvalue weighted by Gasteiger charge is 2.39. The first-order valence-corrected chi connectivity index (χ1v) is 9.24. The van der Waals surface area contributed by atoms with E-state index in [2.05, 4.69) is 35.3 Å². The number of hydrogen-bond acceptors (Lipinski definition) is 2. The van der Waals surface area contributed by atoms with Crippen molar-refractivity contribution in [3.63, 3.8) is 0 Å². The van der Waals surface area contributed by atoms with Gasteiger partial charge in [0.05, 0.1) is 0 Å². The molecule has 2 fully saturated rings. The van der Waals surface area contributed by atoms with E-state index in [0.717, 1.165) is 12.5 Å². The Bertz CT molecular complexity index is 346. The van der Waals surface area contributed by atoms with Crippen LogP contribution in [0.25, 0.3) is 0 Å². The van der Waals surface area contributed by atoms with Gasteiger partial charge in [0, 0.05) is 31.4 Å². The molecule has 1 N–H and O–H groups in total. The smallest absolute Gasteiger partial charge is 0.193 e. The minimum atomic E-state index is 0.262. The van der Waals surface area contributed by atoms with Crippen LogP contribution in [0.3, 0.4) is 0 Å². The second kappa shape index (κ2) is 6.59. The summed E-state index contributed by atoms with van der Waals surface area (Å²) in [6.07, 6.45) is 10.7. The molecule has 1 aliphatic carbocycles. The van der Waals surface area contributed by atoms with Crippen LogP contribution in [0.2, 0.25) is 0 Å². The molecule has 1 heterocycles. The maximum atomic E-state index is 4.51. The number of thioether (sulfide) groups is 1. The highest BCUT2D eigenvalue weighted by Crippen LogP contribution is 2.43. The van der Waals surface area contributed by atoms with E-state index in [4.69, 9.17) is 0 Å². The summed E-state index contributed by atoms with van der Waals surface area (Å²) in [6, 6.07) is 0. The van der Waals surface area contributed by atoms with Gasteiger partial charge in [-0.2, -0.15) is 11.8 Å². The first kappa shape index (κ1) is 16.0. The predicted octanol–water partition coefficient (Wildman–Crippen LogP) is 3.36. The summed E-state index contributed by atoms with van der Waals surface area (Å²) in [5.74, 6) is 1.11. The minimum absolute atomic E-state index is 0.262. The minimum Gasteiger partial charge on any atom is -0.355 e. The SMILES string of the molecule is CN=C(NCC(C)(C)SC)N1CCC2(CCCCC2)C1. The molecule has 20 heavy (non-hydrogen) atoms. The Morgan fingerprint density at radius 2 is 1.95 bits per heavy atom. The fourth-order valence-corrected chi connectivity index (χ4v) is 3.74. The van der Waals surface area contributed by atoms with E-state index >= 15 is 0 Å². The van der Waals surface area contributed by atoms with Crippen LogP contribution in [0.15, 0.2) is 4.99 Å². The molecule has 0 aromatic rings. The van der Waals surface area contributed by atoms with Gasteiger partial charge < -0.3 is 10.2 Å². The molecule has 3 nitrogen and oxygen atoms in total. The van der Waals surface area contributed by atoms with Gasteiger partial charge in [-0.1, -0.05) is 19.3 Å². The largest absolute Gasteiger partial charge is 0.355 e. The summed E-state index contributed by atoms with van der Waals surface area (Å²) >= 11 is 1.91. The van der Waals surface area contributed by atoms with Crippen LogP contribution in [0.4, 0.5) is 0 Å². The van der Waals surface area contributed by atoms with Gasteiger partial charge in [0.25, 0.3) is 0 Å². The zero-order chi connectivity index (χ0) is 14.6. The molecule has 0 unspecified atom stereocenters. The molecule has 116 valence electrons. The molecule has 0 atom stereocenters. The number of hydrogen-bond donors (Lipinski definition) is 1. The Morgan fingerprint density at radius 1 is 1.25 bits per heavy atom. The van der Waals surface area contributed by atoms with Gasteiger partial charge >= 0.3 is 0 Å². The van der Waals surface area contributed by atoms with Crippen LogP contribution in [0.1, 0.15) is 52.4 Å². The normalized spacial score (nSPS) is 23.4. The average Bonchev–Trinajstić information content (AvgIpc) is 2.84. The molecule has 0 amide bonds. The van der Waals surface area contributed by atoms with E-state index in [1.165, 1.54) is 51.6 Å². The first-order valence-electron chi connectivity index (χ1n) is 8.01. The average molecular weight is 298 g/mol. The summed E-state index contributed by atoms with van der Waals surface area (Å²) in [4.78, 5) is 7.00. The molecular formula is C16H31N3S. The highest BCUT2D eigenvalue weighted by molar-refractivity contribution is 7.99. The summed E-state index contributed by atoms with van der Waals surface area (Å²) < 4.78 is 0.262. The van der Waals surface area contributed by atoms with E-state index in [9.17, 15) is 0 Å². The summed E-state index contributed by atoms with van der Waals surface area (Å²) in [5, 5.41) is 3.58. The van der Waals surface area contributed by atoms with Gasteiger partial charge in [-0.25, -0.2) is 0 Å². The van der Waals surface area contributed by atoms with Crippen LogP contribution in [-0.2, 0) is 0 Å². The van der Waals surface area contributed by atoms with Gasteiger partial charge in [-0.15, -0.1) is 0 Å². The molecule has 0 aromatic heterocycles. The van der Waals surface area contributed by atoms with Crippen LogP contribution in [0.5, 0.6) is 0 Å². The van der Waals surface area contributed by atoms with Crippen molar-refractivity contribution < 1.29 is 0 Å². The number of likely N-dealkylation sites (tertiary alicyclic amines) is 1. The quantitative estimate of drug-likeness (QED) is 0.639. The van der Waals surface area contributed by atoms with Gasteiger partial charge in [-0.3, -0.25) is 4.99 Å². The second-order valence-corrected chi connectivity index (χ2v) is 8.61. The van der Waals surface area contributed by atoms with Gasteiger partial charge in [0.15, 0.2) is 5.96 Å². The van der Waals surface area contributed by atoms with E-state index in [0.29, 0.717) is 5.41 Å². The van der Waals surface area contributed by atoms with E-state index in [-0.39, 0.29) is 4.75 Å². The lowest BCUT2D eigenvalue weighted by Gasteiger charge is -2.34. The summed E-state index contributed by atoms with van der Waals surface area (Å²) in [7, 11) is 1.92. The Morgan fingerprint density at radius 3 is 2.55 bits per heavy atom. The molecule has 2 rings (SSSR count). The van der Waals surface area contributed by atoms with E-state index in [1.54, 1.807) is 0 Å². The van der Waals surface area contributed by atoms with Gasteiger partial charge in [-0.05, 0) is 44.8 Å². The molecule has 4 heteroatoms. The van der Waals surface area contributed by atoms with Crippen molar-refractivity contribution in [3.8, 4) is 0 Å². The van der Waals surface area contributed by atoms with Gasteiger partial charge in [0.2, 0.25) is 0 Å². The van der Waals surface area contributed by atoms with E-state index in [1.807, 2.05) is 18.8 Å². The maximum Gasteiger partial charge on any atom is 0.193 e. The molecular weight excluding hydrogens is 266 g/mol. The van der Waals surface area contributed by atoms with Crippen molar-refractivity contribution in [1.82, 2.24) is 10.2 Å². The summed E-state index contributed by atoms with van der Waals surface area (Å²) in [5.41, 5.74) is 0.602. The van der Waals surface area contributed by atoms with Crippen molar-refractivity contribution in [1.29, 1.82) is 0 Å². The van der Waals surface area contributed by atoms with Crippen LogP contribution in [0, 0.1) is 5.41 Å². The molecule has 2 aliphatic rings. The fraction of sp³-hybridized carbons (Fsp3) is 0.938. The van der Waals surface area contributed by atoms with Crippen molar-refractivity contribution in [2.45, 2.75) is 57.1 Å². The molecule has 1 spiro atoms. The third-order valence-electron chi connectivity index (χ3n) is 5.09. The lowest BCUT2D eigenvalue weighted by Crippen LogP contribution is -2.45. The number of aliphatic imine (C=N–C) groups is 1. The van der Waals surface area contributed by atoms with Crippen molar-refractivity contribution in [2.75, 3.05) is 32.9 Å². The Labute approximate surface area is 129 Å². The molecule has 0 radical (unpaired) electrons. The zero-order valence-electron chi connectivity index (χ0n) is 13.7. The van der Waals surface area contributed by atoms with Crippen LogP contribution in [-0.4, -0.2) is 48.5 Å². The molecule has 0 bridgehead atoms. The maximum absolute atomic E-state index is 4.51. The lowest BCUT2D eigenvalue weighted by atomic mass is 9.73. The third kappa shape index (κ3) is 3.84. The van der Waals surface area contributed by atoms with Crippen LogP contribution < -0.4 is 5.32 Å². The lowest BCUT2D eigenvalue weighted by molar-refractivity contribution is 0.203. The second-order valence-electron chi connectivity index (χ2n) is 7.10. The van der Waals surface area contributed by atoms with Gasteiger partial charge in [0.1, 0.15) is 0 Å². The first-order chi connectivity index (χ1) is 9.50. The highest BCUT2D eigenvalue weighted by atomic mass is 32.2.